The van der Waals surface area contributed by atoms with Gasteiger partial charge in [-0.1, -0.05) is 29.3 Å². The first-order chi connectivity index (χ1) is 9.52. The summed E-state index contributed by atoms with van der Waals surface area (Å²) in [5, 5.41) is 0.988. The summed E-state index contributed by atoms with van der Waals surface area (Å²) in [5.74, 6) is -0.661. The zero-order chi connectivity index (χ0) is 14.7. The van der Waals surface area contributed by atoms with Crippen LogP contribution in [0.15, 0.2) is 41.3 Å². The molecule has 1 heterocycles. The Hall–Kier alpha value is -1.78. The monoisotopic (exact) mass is 311 g/mol. The van der Waals surface area contributed by atoms with E-state index in [0.29, 0.717) is 10.0 Å². The van der Waals surface area contributed by atoms with E-state index < -0.39 is 11.5 Å². The molecule has 0 aliphatic carbocycles. The van der Waals surface area contributed by atoms with Gasteiger partial charge in [-0.3, -0.25) is 4.79 Å². The molecule has 2 rings (SSSR count). The number of carbonyl (C=O) groups is 1. The Bertz CT molecular complexity index is 710. The quantitative estimate of drug-likeness (QED) is 0.819. The van der Waals surface area contributed by atoms with Gasteiger partial charge in [0.15, 0.2) is 0 Å². The number of esters is 1. The number of carbonyl (C=O) groups excluding carboxylic acids is 1. The average molecular weight is 312 g/mol. The fourth-order valence-corrected chi connectivity index (χ4v) is 2.23. The minimum Gasteiger partial charge on any atom is -0.465 e. The first-order valence-electron chi connectivity index (χ1n) is 5.74. The molecule has 20 heavy (non-hydrogen) atoms. The number of rotatable bonds is 3. The van der Waals surface area contributed by atoms with Gasteiger partial charge in [-0.15, -0.1) is 0 Å². The molecule has 0 atom stereocenters. The summed E-state index contributed by atoms with van der Waals surface area (Å²) >= 11 is 11.9. The van der Waals surface area contributed by atoms with E-state index in [1.54, 1.807) is 30.5 Å². The number of halogens is 2. The van der Waals surface area contributed by atoms with Gasteiger partial charge in [0.1, 0.15) is 5.56 Å². The standard InChI is InChI=1S/C14H11Cl2NO3/c1-20-14(19)11-3-2-6-17(13(11)18)8-9-4-5-10(15)7-12(9)16/h2-7H,8H2,1H3. The molecule has 1 aromatic carbocycles. The van der Waals surface area contributed by atoms with Crippen molar-refractivity contribution in [1.82, 2.24) is 4.57 Å². The van der Waals surface area contributed by atoms with Gasteiger partial charge >= 0.3 is 5.97 Å². The maximum Gasteiger partial charge on any atom is 0.343 e. The molecule has 1 aromatic heterocycles. The van der Waals surface area contributed by atoms with Gasteiger partial charge in [-0.25, -0.2) is 4.79 Å². The predicted molar refractivity (Wildman–Crippen MR) is 77.6 cm³/mol. The molecule has 0 bridgehead atoms. The Morgan fingerprint density at radius 1 is 1.30 bits per heavy atom. The van der Waals surface area contributed by atoms with Crippen molar-refractivity contribution in [3.05, 3.63) is 68.1 Å². The average Bonchev–Trinajstić information content (AvgIpc) is 2.43. The molecule has 0 radical (unpaired) electrons. The Balaban J connectivity index is 2.39. The summed E-state index contributed by atoms with van der Waals surface area (Å²) in [5.41, 5.74) is 0.297. The molecule has 0 aliphatic rings. The smallest absolute Gasteiger partial charge is 0.343 e. The lowest BCUT2D eigenvalue weighted by Gasteiger charge is -2.09. The summed E-state index contributed by atoms with van der Waals surface area (Å²) < 4.78 is 5.96. The molecule has 0 saturated heterocycles. The number of aromatic nitrogens is 1. The van der Waals surface area contributed by atoms with Crippen molar-refractivity contribution in [3.8, 4) is 0 Å². The summed E-state index contributed by atoms with van der Waals surface area (Å²) in [6.07, 6.45) is 1.58. The topological polar surface area (TPSA) is 48.3 Å². The molecule has 0 spiro atoms. The van der Waals surface area contributed by atoms with Crippen LogP contribution in [0, 0.1) is 0 Å². The molecule has 0 aliphatic heterocycles. The highest BCUT2D eigenvalue weighted by molar-refractivity contribution is 6.35. The van der Waals surface area contributed by atoms with Crippen LogP contribution in [0.1, 0.15) is 15.9 Å². The van der Waals surface area contributed by atoms with E-state index in [2.05, 4.69) is 4.74 Å². The molecular formula is C14H11Cl2NO3. The summed E-state index contributed by atoms with van der Waals surface area (Å²) in [7, 11) is 1.23. The maximum absolute atomic E-state index is 12.1. The number of methoxy groups -OCH3 is 1. The lowest BCUT2D eigenvalue weighted by molar-refractivity contribution is 0.0598. The number of hydrogen-bond acceptors (Lipinski definition) is 3. The lowest BCUT2D eigenvalue weighted by atomic mass is 10.2. The molecule has 104 valence electrons. The number of pyridine rings is 1. The second-order valence-electron chi connectivity index (χ2n) is 4.08. The number of benzene rings is 1. The molecule has 0 unspecified atom stereocenters. The van der Waals surface area contributed by atoms with Crippen LogP contribution in [0.25, 0.3) is 0 Å². The summed E-state index contributed by atoms with van der Waals surface area (Å²) in [6.45, 7) is 0.250. The minimum atomic E-state index is -0.661. The van der Waals surface area contributed by atoms with Gasteiger partial charge in [0.2, 0.25) is 0 Å². The molecule has 6 heteroatoms. The highest BCUT2D eigenvalue weighted by Gasteiger charge is 2.12. The largest absolute Gasteiger partial charge is 0.465 e. The molecule has 2 aromatic rings. The number of hydrogen-bond donors (Lipinski definition) is 0. The third kappa shape index (κ3) is 3.03. The predicted octanol–water partition coefficient (Wildman–Crippen LogP) is 2.99. The Morgan fingerprint density at radius 2 is 2.05 bits per heavy atom. The van der Waals surface area contributed by atoms with E-state index in [4.69, 9.17) is 23.2 Å². The second kappa shape index (κ2) is 6.11. The van der Waals surface area contributed by atoms with E-state index in [9.17, 15) is 9.59 Å². The Labute approximate surface area is 125 Å². The minimum absolute atomic E-state index is 0.0138. The fraction of sp³-hybridized carbons (Fsp3) is 0.143. The zero-order valence-electron chi connectivity index (χ0n) is 10.6. The molecule has 0 saturated carbocycles. The molecule has 0 fully saturated rings. The summed E-state index contributed by atoms with van der Waals surface area (Å²) in [4.78, 5) is 23.6. The van der Waals surface area contributed by atoms with Gasteiger partial charge < -0.3 is 9.30 Å². The second-order valence-corrected chi connectivity index (χ2v) is 4.93. The maximum atomic E-state index is 12.1. The van der Waals surface area contributed by atoms with Gasteiger partial charge in [0.05, 0.1) is 13.7 Å². The van der Waals surface area contributed by atoms with Gasteiger partial charge in [0.25, 0.3) is 5.56 Å². The van der Waals surface area contributed by atoms with E-state index in [1.807, 2.05) is 0 Å². The highest BCUT2D eigenvalue weighted by Crippen LogP contribution is 2.21. The van der Waals surface area contributed by atoms with Crippen molar-refractivity contribution in [2.45, 2.75) is 6.54 Å². The fourth-order valence-electron chi connectivity index (χ4n) is 1.76. The third-order valence-corrected chi connectivity index (χ3v) is 3.37. The van der Waals surface area contributed by atoms with Crippen molar-refractivity contribution >= 4 is 29.2 Å². The molecular weight excluding hydrogens is 301 g/mol. The first kappa shape index (κ1) is 14.6. The lowest BCUT2D eigenvalue weighted by Crippen LogP contribution is -2.26. The SMILES string of the molecule is COC(=O)c1cccn(Cc2ccc(Cl)cc2Cl)c1=O. The molecule has 0 amide bonds. The van der Waals surface area contributed by atoms with Crippen molar-refractivity contribution in [1.29, 1.82) is 0 Å². The molecule has 4 nitrogen and oxygen atoms in total. The van der Waals surface area contributed by atoms with Crippen LogP contribution in [0.4, 0.5) is 0 Å². The van der Waals surface area contributed by atoms with Crippen LogP contribution in [0.2, 0.25) is 10.0 Å². The van der Waals surface area contributed by atoms with Gasteiger partial charge in [-0.05, 0) is 29.8 Å². The van der Waals surface area contributed by atoms with Crippen LogP contribution in [0.3, 0.4) is 0 Å². The van der Waals surface area contributed by atoms with Crippen molar-refractivity contribution in [2.75, 3.05) is 7.11 Å². The van der Waals surface area contributed by atoms with Crippen LogP contribution in [-0.4, -0.2) is 17.6 Å². The molecule has 0 N–H and O–H groups in total. The Morgan fingerprint density at radius 3 is 2.70 bits per heavy atom. The van der Waals surface area contributed by atoms with E-state index in [1.165, 1.54) is 17.7 Å². The van der Waals surface area contributed by atoms with Gasteiger partial charge in [-0.2, -0.15) is 0 Å². The third-order valence-electron chi connectivity index (χ3n) is 2.78. The highest BCUT2D eigenvalue weighted by atomic mass is 35.5. The van der Waals surface area contributed by atoms with Crippen molar-refractivity contribution < 1.29 is 9.53 Å². The van der Waals surface area contributed by atoms with Gasteiger partial charge in [0, 0.05) is 16.2 Å². The van der Waals surface area contributed by atoms with Crippen molar-refractivity contribution in [2.24, 2.45) is 0 Å². The number of nitrogens with zero attached hydrogens (tertiary/aromatic N) is 1. The first-order valence-corrected chi connectivity index (χ1v) is 6.50. The Kier molecular flexibility index (Phi) is 4.47. The normalized spacial score (nSPS) is 10.3. The van der Waals surface area contributed by atoms with Crippen LogP contribution >= 0.6 is 23.2 Å². The van der Waals surface area contributed by atoms with Crippen LogP contribution < -0.4 is 5.56 Å². The van der Waals surface area contributed by atoms with Crippen LogP contribution in [-0.2, 0) is 11.3 Å². The number of ether oxygens (including phenoxy) is 1. The van der Waals surface area contributed by atoms with E-state index in [-0.39, 0.29) is 12.1 Å². The summed E-state index contributed by atoms with van der Waals surface area (Å²) in [6, 6.07) is 8.07. The van der Waals surface area contributed by atoms with E-state index >= 15 is 0 Å². The van der Waals surface area contributed by atoms with Crippen molar-refractivity contribution in [3.63, 3.8) is 0 Å². The zero-order valence-corrected chi connectivity index (χ0v) is 12.1. The van der Waals surface area contributed by atoms with E-state index in [0.717, 1.165) is 5.56 Å². The van der Waals surface area contributed by atoms with Crippen LogP contribution in [0.5, 0.6) is 0 Å².